The molecule has 0 atom stereocenters. The van der Waals surface area contributed by atoms with Crippen LogP contribution in [0.3, 0.4) is 0 Å². The van der Waals surface area contributed by atoms with Gasteiger partial charge in [-0.25, -0.2) is 15.0 Å². The fraction of sp³-hybridized carbons (Fsp3) is 0.111. The molecule has 0 radical (unpaired) electrons. The SMILES string of the molecule is Cc1ccc(-c2csc3nc(-c4ncccn4)[nH]c(=O)c23)cc1C. The molecule has 0 bridgehead atoms. The van der Waals surface area contributed by atoms with Gasteiger partial charge in [-0.05, 0) is 36.6 Å². The summed E-state index contributed by atoms with van der Waals surface area (Å²) in [5.41, 5.74) is 4.20. The van der Waals surface area contributed by atoms with Gasteiger partial charge in [0.2, 0.25) is 0 Å². The summed E-state index contributed by atoms with van der Waals surface area (Å²) in [5.74, 6) is 0.805. The van der Waals surface area contributed by atoms with Crippen molar-refractivity contribution in [3.63, 3.8) is 0 Å². The Hall–Kier alpha value is -2.86. The van der Waals surface area contributed by atoms with E-state index < -0.39 is 0 Å². The van der Waals surface area contributed by atoms with Gasteiger partial charge in [0.15, 0.2) is 11.6 Å². The number of rotatable bonds is 2. The summed E-state index contributed by atoms with van der Waals surface area (Å²) < 4.78 is 0. The van der Waals surface area contributed by atoms with Crippen LogP contribution in [0.5, 0.6) is 0 Å². The van der Waals surface area contributed by atoms with Crippen molar-refractivity contribution in [2.75, 3.05) is 0 Å². The summed E-state index contributed by atoms with van der Waals surface area (Å²) in [6.45, 7) is 4.14. The monoisotopic (exact) mass is 334 g/mol. The van der Waals surface area contributed by atoms with E-state index in [1.165, 1.54) is 22.5 Å². The zero-order valence-corrected chi connectivity index (χ0v) is 14.0. The zero-order chi connectivity index (χ0) is 16.7. The van der Waals surface area contributed by atoms with Crippen molar-refractivity contribution in [1.82, 2.24) is 19.9 Å². The second-order valence-electron chi connectivity index (χ2n) is 5.62. The maximum atomic E-state index is 12.6. The maximum Gasteiger partial charge on any atom is 0.260 e. The Bertz CT molecular complexity index is 1100. The Morgan fingerprint density at radius 1 is 1.08 bits per heavy atom. The summed E-state index contributed by atoms with van der Waals surface area (Å²) in [6.07, 6.45) is 3.25. The van der Waals surface area contributed by atoms with E-state index in [-0.39, 0.29) is 5.56 Å². The number of hydrogen-bond donors (Lipinski definition) is 1. The highest BCUT2D eigenvalue weighted by atomic mass is 32.1. The lowest BCUT2D eigenvalue weighted by atomic mass is 10.0. The first-order chi connectivity index (χ1) is 11.6. The van der Waals surface area contributed by atoms with E-state index in [2.05, 4.69) is 45.9 Å². The second-order valence-corrected chi connectivity index (χ2v) is 6.47. The number of fused-ring (bicyclic) bond motifs is 1. The van der Waals surface area contributed by atoms with Crippen molar-refractivity contribution in [2.45, 2.75) is 13.8 Å². The number of hydrogen-bond acceptors (Lipinski definition) is 5. The Balaban J connectivity index is 1.91. The average Bonchev–Trinajstić information content (AvgIpc) is 3.03. The van der Waals surface area contributed by atoms with Gasteiger partial charge in [0.1, 0.15) is 4.83 Å². The van der Waals surface area contributed by atoms with Crippen LogP contribution in [0, 0.1) is 13.8 Å². The van der Waals surface area contributed by atoms with Gasteiger partial charge in [0.25, 0.3) is 5.56 Å². The molecule has 0 amide bonds. The molecule has 0 aliphatic carbocycles. The van der Waals surface area contributed by atoms with Crippen LogP contribution in [0.2, 0.25) is 0 Å². The molecular formula is C18H14N4OS. The number of aromatic amines is 1. The lowest BCUT2D eigenvalue weighted by Crippen LogP contribution is -2.10. The summed E-state index contributed by atoms with van der Waals surface area (Å²) in [6, 6.07) is 7.94. The molecule has 0 aliphatic rings. The number of nitrogens with zero attached hydrogens (tertiary/aromatic N) is 3. The number of benzene rings is 1. The molecule has 0 aliphatic heterocycles. The van der Waals surface area contributed by atoms with E-state index in [9.17, 15) is 4.79 Å². The number of thiophene rings is 1. The predicted molar refractivity (Wildman–Crippen MR) is 96.2 cm³/mol. The normalized spacial score (nSPS) is 11.1. The minimum absolute atomic E-state index is 0.170. The van der Waals surface area contributed by atoms with Crippen LogP contribution >= 0.6 is 11.3 Å². The van der Waals surface area contributed by atoms with Crippen LogP contribution in [0.1, 0.15) is 11.1 Å². The fourth-order valence-corrected chi connectivity index (χ4v) is 3.55. The minimum Gasteiger partial charge on any atom is -0.303 e. The fourth-order valence-electron chi connectivity index (χ4n) is 2.60. The summed E-state index contributed by atoms with van der Waals surface area (Å²) in [7, 11) is 0. The van der Waals surface area contributed by atoms with Gasteiger partial charge in [0.05, 0.1) is 5.39 Å². The Morgan fingerprint density at radius 2 is 1.88 bits per heavy atom. The maximum absolute atomic E-state index is 12.6. The molecule has 118 valence electrons. The van der Waals surface area contributed by atoms with Crippen LogP contribution < -0.4 is 5.56 Å². The third-order valence-electron chi connectivity index (χ3n) is 4.04. The third kappa shape index (κ3) is 2.41. The van der Waals surface area contributed by atoms with Crippen molar-refractivity contribution >= 4 is 21.6 Å². The van der Waals surface area contributed by atoms with Crippen LogP contribution in [-0.2, 0) is 0 Å². The van der Waals surface area contributed by atoms with Crippen molar-refractivity contribution in [2.24, 2.45) is 0 Å². The van der Waals surface area contributed by atoms with E-state index in [0.717, 1.165) is 11.1 Å². The van der Waals surface area contributed by atoms with Crippen LogP contribution in [0.15, 0.2) is 46.8 Å². The number of aromatic nitrogens is 4. The molecule has 5 nitrogen and oxygen atoms in total. The second kappa shape index (κ2) is 5.65. The lowest BCUT2D eigenvalue weighted by molar-refractivity contribution is 1.08. The molecule has 0 spiro atoms. The molecule has 4 rings (SSSR count). The highest BCUT2D eigenvalue weighted by Gasteiger charge is 2.14. The van der Waals surface area contributed by atoms with Crippen LogP contribution in [-0.4, -0.2) is 19.9 Å². The van der Waals surface area contributed by atoms with E-state index in [4.69, 9.17) is 0 Å². The Kier molecular flexibility index (Phi) is 3.46. The zero-order valence-electron chi connectivity index (χ0n) is 13.2. The molecular weight excluding hydrogens is 320 g/mol. The average molecular weight is 334 g/mol. The highest BCUT2D eigenvalue weighted by Crippen LogP contribution is 2.32. The van der Waals surface area contributed by atoms with Crippen LogP contribution in [0.25, 0.3) is 33.0 Å². The van der Waals surface area contributed by atoms with E-state index >= 15 is 0 Å². The number of nitrogens with one attached hydrogen (secondary N) is 1. The Morgan fingerprint density at radius 3 is 2.62 bits per heavy atom. The van der Waals surface area contributed by atoms with Gasteiger partial charge in [-0.1, -0.05) is 18.2 Å². The molecule has 1 aromatic carbocycles. The van der Waals surface area contributed by atoms with Gasteiger partial charge in [0, 0.05) is 23.3 Å². The highest BCUT2D eigenvalue weighted by molar-refractivity contribution is 7.17. The smallest absolute Gasteiger partial charge is 0.260 e. The summed E-state index contributed by atoms with van der Waals surface area (Å²) in [4.78, 5) is 28.9. The molecule has 4 aromatic rings. The van der Waals surface area contributed by atoms with E-state index in [0.29, 0.717) is 21.9 Å². The van der Waals surface area contributed by atoms with Crippen molar-refractivity contribution in [3.05, 3.63) is 63.5 Å². The molecule has 0 unspecified atom stereocenters. The van der Waals surface area contributed by atoms with Crippen LogP contribution in [0.4, 0.5) is 0 Å². The summed E-state index contributed by atoms with van der Waals surface area (Å²) >= 11 is 1.46. The van der Waals surface area contributed by atoms with Gasteiger partial charge in [-0.15, -0.1) is 11.3 Å². The predicted octanol–water partition coefficient (Wildman–Crippen LogP) is 3.73. The molecule has 3 aromatic heterocycles. The third-order valence-corrected chi connectivity index (χ3v) is 4.91. The first-order valence-electron chi connectivity index (χ1n) is 7.50. The van der Waals surface area contributed by atoms with E-state index in [1.807, 2.05) is 11.4 Å². The number of aryl methyl sites for hydroxylation is 2. The van der Waals surface area contributed by atoms with Gasteiger partial charge in [-0.3, -0.25) is 4.79 Å². The summed E-state index contributed by atoms with van der Waals surface area (Å²) in [5, 5.41) is 2.59. The molecule has 24 heavy (non-hydrogen) atoms. The first kappa shape index (κ1) is 14.7. The van der Waals surface area contributed by atoms with Crippen molar-refractivity contribution in [1.29, 1.82) is 0 Å². The van der Waals surface area contributed by atoms with Crippen molar-refractivity contribution < 1.29 is 0 Å². The van der Waals surface area contributed by atoms with E-state index in [1.54, 1.807) is 18.5 Å². The number of H-pyrrole nitrogens is 1. The first-order valence-corrected chi connectivity index (χ1v) is 8.38. The molecule has 0 saturated heterocycles. The molecule has 0 fully saturated rings. The molecule has 0 saturated carbocycles. The van der Waals surface area contributed by atoms with Crippen molar-refractivity contribution in [3.8, 4) is 22.8 Å². The lowest BCUT2D eigenvalue weighted by Gasteiger charge is -2.04. The largest absolute Gasteiger partial charge is 0.303 e. The van der Waals surface area contributed by atoms with Gasteiger partial charge >= 0.3 is 0 Å². The molecule has 6 heteroatoms. The van der Waals surface area contributed by atoms with Gasteiger partial charge < -0.3 is 4.98 Å². The standard InChI is InChI=1S/C18H14N4OS/c1-10-4-5-12(8-11(10)2)13-9-24-18-14(13)17(23)21-16(22-18)15-19-6-3-7-20-15/h3-9H,1-2H3,(H,21,22,23). The molecule has 3 heterocycles. The van der Waals surface area contributed by atoms with Gasteiger partial charge in [-0.2, -0.15) is 0 Å². The Labute approximate surface area is 142 Å². The topological polar surface area (TPSA) is 71.5 Å². The molecule has 1 N–H and O–H groups in total. The minimum atomic E-state index is -0.170. The quantitative estimate of drug-likeness (QED) is 0.606.